The van der Waals surface area contributed by atoms with Gasteiger partial charge in [-0.2, -0.15) is 4.98 Å². The summed E-state index contributed by atoms with van der Waals surface area (Å²) in [7, 11) is 2.01. The van der Waals surface area contributed by atoms with E-state index in [4.69, 9.17) is 10.6 Å². The summed E-state index contributed by atoms with van der Waals surface area (Å²) in [4.78, 5) is 13.3. The molecule has 21 heavy (non-hydrogen) atoms. The van der Waals surface area contributed by atoms with Crippen molar-refractivity contribution in [3.63, 3.8) is 0 Å². The van der Waals surface area contributed by atoms with Crippen LogP contribution in [-0.2, 0) is 11.2 Å². The zero-order chi connectivity index (χ0) is 15.4. The quantitative estimate of drug-likeness (QED) is 0.604. The van der Waals surface area contributed by atoms with E-state index in [2.05, 4.69) is 33.3 Å². The van der Waals surface area contributed by atoms with Crippen molar-refractivity contribution in [3.05, 3.63) is 10.9 Å². The van der Waals surface area contributed by atoms with E-state index in [0.717, 1.165) is 29.0 Å². The summed E-state index contributed by atoms with van der Waals surface area (Å²) in [6.07, 6.45) is 1.23. The molecule has 3 N–H and O–H groups in total. The molecule has 0 saturated carbocycles. The van der Waals surface area contributed by atoms with Crippen molar-refractivity contribution in [1.29, 1.82) is 0 Å². The lowest BCUT2D eigenvalue weighted by molar-refractivity contribution is 0.0845. The smallest absolute Gasteiger partial charge is 0.240 e. The first-order chi connectivity index (χ1) is 10.0. The third-order valence-electron chi connectivity index (χ3n) is 3.14. The van der Waals surface area contributed by atoms with Crippen LogP contribution >= 0.6 is 11.3 Å². The van der Waals surface area contributed by atoms with Gasteiger partial charge in [0.25, 0.3) is 0 Å². The highest BCUT2D eigenvalue weighted by Crippen LogP contribution is 2.31. The molecule has 2 rings (SSSR count). The molecule has 0 unspecified atom stereocenters. The molecular weight excluding hydrogens is 286 g/mol. The van der Waals surface area contributed by atoms with Crippen LogP contribution in [0.2, 0.25) is 0 Å². The summed E-state index contributed by atoms with van der Waals surface area (Å²) in [6, 6.07) is 2.16. The van der Waals surface area contributed by atoms with Crippen molar-refractivity contribution < 1.29 is 4.74 Å². The van der Waals surface area contributed by atoms with Gasteiger partial charge >= 0.3 is 0 Å². The van der Waals surface area contributed by atoms with Crippen LogP contribution in [0.15, 0.2) is 6.07 Å². The molecule has 0 saturated heterocycles. The fraction of sp³-hybridized carbons (Fsp3) is 0.571. The van der Waals surface area contributed by atoms with E-state index < -0.39 is 0 Å². The zero-order valence-corrected chi connectivity index (χ0v) is 13.8. The Morgan fingerprint density at radius 3 is 2.81 bits per heavy atom. The van der Waals surface area contributed by atoms with Gasteiger partial charge in [-0.1, -0.05) is 6.92 Å². The normalized spacial score (nSPS) is 11.3. The molecule has 116 valence electrons. The van der Waals surface area contributed by atoms with E-state index in [1.165, 1.54) is 4.88 Å². The minimum Gasteiger partial charge on any atom is -0.377 e. The molecule has 0 spiro atoms. The Bertz CT molecular complexity index is 598. The highest BCUT2D eigenvalue weighted by Gasteiger charge is 2.14. The van der Waals surface area contributed by atoms with E-state index in [-0.39, 0.29) is 6.10 Å². The number of thiophene rings is 1. The van der Waals surface area contributed by atoms with Crippen molar-refractivity contribution in [2.24, 2.45) is 5.84 Å². The third-order valence-corrected chi connectivity index (χ3v) is 4.31. The Morgan fingerprint density at radius 2 is 2.19 bits per heavy atom. The molecule has 2 heterocycles. The van der Waals surface area contributed by atoms with Gasteiger partial charge in [0, 0.05) is 18.5 Å². The molecule has 6 nitrogen and oxygen atoms in total. The van der Waals surface area contributed by atoms with Crippen LogP contribution in [0.1, 0.15) is 25.6 Å². The molecule has 2 aromatic heterocycles. The number of nitrogens with one attached hydrogen (secondary N) is 1. The first-order valence-corrected chi connectivity index (χ1v) is 7.96. The number of hydrogen-bond donors (Lipinski definition) is 2. The Kier molecular flexibility index (Phi) is 5.33. The SMILES string of the molecule is CCc1cc2c(N(C)CCOC(C)C)nc(NN)nc2s1. The number of ether oxygens (including phenoxy) is 1. The summed E-state index contributed by atoms with van der Waals surface area (Å²) in [5, 5.41) is 1.07. The van der Waals surface area contributed by atoms with Crippen molar-refractivity contribution >= 4 is 33.3 Å². The van der Waals surface area contributed by atoms with Gasteiger partial charge in [-0.25, -0.2) is 10.8 Å². The molecule has 7 heteroatoms. The minimum absolute atomic E-state index is 0.234. The molecule has 0 amide bonds. The lowest BCUT2D eigenvalue weighted by Gasteiger charge is -2.20. The Hall–Kier alpha value is -1.44. The molecule has 2 aromatic rings. The summed E-state index contributed by atoms with van der Waals surface area (Å²) in [6.45, 7) is 7.64. The number of hydrogen-bond acceptors (Lipinski definition) is 7. The second kappa shape index (κ2) is 7.02. The number of nitrogens with two attached hydrogens (primary N) is 1. The van der Waals surface area contributed by atoms with E-state index >= 15 is 0 Å². The highest BCUT2D eigenvalue weighted by molar-refractivity contribution is 7.18. The summed E-state index contributed by atoms with van der Waals surface area (Å²) >= 11 is 1.68. The average Bonchev–Trinajstić information content (AvgIpc) is 2.88. The molecule has 0 atom stereocenters. The van der Waals surface area contributed by atoms with E-state index in [1.54, 1.807) is 11.3 Å². The third kappa shape index (κ3) is 3.81. The van der Waals surface area contributed by atoms with Crippen LogP contribution in [-0.4, -0.2) is 36.3 Å². The van der Waals surface area contributed by atoms with Gasteiger partial charge in [-0.3, -0.25) is 5.43 Å². The van der Waals surface area contributed by atoms with Gasteiger partial charge in [-0.05, 0) is 26.3 Å². The monoisotopic (exact) mass is 309 g/mol. The standard InChI is InChI=1S/C14H23N5OS/c1-5-10-8-11-12(19(4)6-7-20-9(2)3)16-14(18-15)17-13(11)21-10/h8-9H,5-7,15H2,1-4H3,(H,16,17,18). The number of rotatable bonds is 7. The largest absolute Gasteiger partial charge is 0.377 e. The number of anilines is 2. The predicted octanol–water partition coefficient (Wildman–Crippen LogP) is 2.40. The lowest BCUT2D eigenvalue weighted by atomic mass is 10.3. The van der Waals surface area contributed by atoms with Gasteiger partial charge in [0.15, 0.2) is 0 Å². The van der Waals surface area contributed by atoms with E-state index in [1.807, 2.05) is 20.9 Å². The fourth-order valence-electron chi connectivity index (χ4n) is 2.02. The van der Waals surface area contributed by atoms with Gasteiger partial charge < -0.3 is 9.64 Å². The van der Waals surface area contributed by atoms with Gasteiger partial charge in [0.1, 0.15) is 10.6 Å². The first-order valence-electron chi connectivity index (χ1n) is 7.15. The number of fused-ring (bicyclic) bond motifs is 1. The topological polar surface area (TPSA) is 76.3 Å². The van der Waals surface area contributed by atoms with Crippen LogP contribution in [0.3, 0.4) is 0 Å². The summed E-state index contributed by atoms with van der Waals surface area (Å²) in [5.41, 5.74) is 2.54. The Labute approximate surface area is 129 Å². The van der Waals surface area contributed by atoms with Crippen LogP contribution in [0.25, 0.3) is 10.2 Å². The van der Waals surface area contributed by atoms with Gasteiger partial charge in [0.05, 0.1) is 18.1 Å². The number of aryl methyl sites for hydroxylation is 1. The lowest BCUT2D eigenvalue weighted by Crippen LogP contribution is -2.25. The van der Waals surface area contributed by atoms with Crippen LogP contribution in [0, 0.1) is 0 Å². The van der Waals surface area contributed by atoms with Gasteiger partial charge in [0.2, 0.25) is 5.95 Å². The summed E-state index contributed by atoms with van der Waals surface area (Å²) < 4.78 is 5.61. The van der Waals surface area contributed by atoms with Crippen LogP contribution in [0.4, 0.5) is 11.8 Å². The number of aromatic nitrogens is 2. The van der Waals surface area contributed by atoms with Crippen molar-refractivity contribution in [2.75, 3.05) is 30.5 Å². The molecule has 0 bridgehead atoms. The fourth-order valence-corrected chi connectivity index (χ4v) is 2.98. The van der Waals surface area contributed by atoms with Crippen molar-refractivity contribution in [1.82, 2.24) is 9.97 Å². The molecular formula is C14H23N5OS. The van der Waals surface area contributed by atoms with E-state index in [0.29, 0.717) is 12.6 Å². The molecule has 0 aromatic carbocycles. The van der Waals surface area contributed by atoms with Crippen molar-refractivity contribution in [2.45, 2.75) is 33.3 Å². The molecule has 0 radical (unpaired) electrons. The molecule has 0 aliphatic carbocycles. The molecule has 0 aliphatic rings. The minimum atomic E-state index is 0.234. The van der Waals surface area contributed by atoms with E-state index in [9.17, 15) is 0 Å². The van der Waals surface area contributed by atoms with Crippen LogP contribution < -0.4 is 16.2 Å². The number of likely N-dealkylation sites (N-methyl/N-ethyl adjacent to an activating group) is 1. The maximum absolute atomic E-state index is 5.61. The maximum Gasteiger partial charge on any atom is 0.240 e. The number of hydrazine groups is 1. The maximum atomic E-state index is 5.61. The summed E-state index contributed by atoms with van der Waals surface area (Å²) in [5.74, 6) is 6.80. The van der Waals surface area contributed by atoms with Crippen molar-refractivity contribution in [3.8, 4) is 0 Å². The zero-order valence-electron chi connectivity index (χ0n) is 13.0. The Morgan fingerprint density at radius 1 is 1.43 bits per heavy atom. The first kappa shape index (κ1) is 15.9. The number of nitrogens with zero attached hydrogens (tertiary/aromatic N) is 3. The second-order valence-electron chi connectivity index (χ2n) is 5.14. The molecule has 0 fully saturated rings. The second-order valence-corrected chi connectivity index (χ2v) is 6.26. The van der Waals surface area contributed by atoms with Gasteiger partial charge in [-0.15, -0.1) is 11.3 Å². The van der Waals surface area contributed by atoms with Crippen LogP contribution in [0.5, 0.6) is 0 Å². The Balaban J connectivity index is 2.29. The molecule has 0 aliphatic heterocycles. The predicted molar refractivity (Wildman–Crippen MR) is 89.0 cm³/mol. The highest BCUT2D eigenvalue weighted by atomic mass is 32.1. The number of nitrogen functional groups attached to an aromatic ring is 1. The average molecular weight is 309 g/mol.